The number of hydrogen-bond donors (Lipinski definition) is 3. The van der Waals surface area contributed by atoms with E-state index in [0.29, 0.717) is 29.2 Å². The predicted molar refractivity (Wildman–Crippen MR) is 124 cm³/mol. The summed E-state index contributed by atoms with van der Waals surface area (Å²) in [6, 6.07) is 15.6. The maximum Gasteiger partial charge on any atom is 0.338 e. The van der Waals surface area contributed by atoms with Gasteiger partial charge in [0.25, 0.3) is 0 Å². The van der Waals surface area contributed by atoms with Gasteiger partial charge in [-0.3, -0.25) is 5.10 Å². The molecule has 2 heterocycles. The van der Waals surface area contributed by atoms with Crippen molar-refractivity contribution in [3.63, 3.8) is 0 Å². The van der Waals surface area contributed by atoms with Crippen LogP contribution in [0.2, 0.25) is 0 Å². The molecule has 2 aromatic heterocycles. The monoisotopic (exact) mass is 459 g/mol. The van der Waals surface area contributed by atoms with Crippen LogP contribution >= 0.6 is 0 Å². The summed E-state index contributed by atoms with van der Waals surface area (Å²) < 4.78 is 9.74. The molecule has 0 unspecified atom stereocenters. The molecular weight excluding hydrogens is 438 g/mol. The summed E-state index contributed by atoms with van der Waals surface area (Å²) >= 11 is 0. The molecule has 0 aliphatic rings. The van der Waals surface area contributed by atoms with Gasteiger partial charge in [-0.1, -0.05) is 18.2 Å². The molecule has 0 amide bonds. The Hall–Kier alpha value is -4.80. The molecule has 0 saturated heterocycles. The molecule has 0 spiro atoms. The molecule has 4 aromatic rings. The minimum absolute atomic E-state index is 0.276. The molecule has 0 bridgehead atoms. The maximum absolute atomic E-state index is 11.9. The van der Waals surface area contributed by atoms with E-state index >= 15 is 0 Å². The lowest BCUT2D eigenvalue weighted by atomic mass is 10.1. The van der Waals surface area contributed by atoms with Crippen LogP contribution in [-0.2, 0) is 9.47 Å². The summed E-state index contributed by atoms with van der Waals surface area (Å²) in [5, 5.41) is 13.2. The molecule has 3 N–H and O–H groups in total. The fourth-order valence-corrected chi connectivity index (χ4v) is 3.04. The number of hydrogen-bond acceptors (Lipinski definition) is 10. The number of nitrogens with zero attached hydrogens (tertiary/aromatic N) is 4. The maximum atomic E-state index is 11.9. The first-order chi connectivity index (χ1) is 16.6. The van der Waals surface area contributed by atoms with Gasteiger partial charge < -0.3 is 20.1 Å². The third-order valence-corrected chi connectivity index (χ3v) is 4.64. The molecule has 11 nitrogen and oxygen atoms in total. The van der Waals surface area contributed by atoms with Crippen molar-refractivity contribution in [3.8, 4) is 11.3 Å². The highest BCUT2D eigenvalue weighted by atomic mass is 16.5. The topological polar surface area (TPSA) is 144 Å². The first-order valence-corrected chi connectivity index (χ1v) is 10.3. The van der Waals surface area contributed by atoms with Crippen LogP contribution in [0.5, 0.6) is 0 Å². The number of aromatic nitrogens is 5. The number of anilines is 4. The van der Waals surface area contributed by atoms with Crippen LogP contribution in [0.25, 0.3) is 11.3 Å². The van der Waals surface area contributed by atoms with E-state index < -0.39 is 11.9 Å². The van der Waals surface area contributed by atoms with Gasteiger partial charge in [0.2, 0.25) is 11.9 Å². The van der Waals surface area contributed by atoms with Crippen LogP contribution < -0.4 is 10.6 Å². The zero-order valence-corrected chi connectivity index (χ0v) is 18.4. The van der Waals surface area contributed by atoms with Crippen LogP contribution in [0.15, 0.2) is 60.9 Å². The van der Waals surface area contributed by atoms with E-state index in [0.717, 1.165) is 11.3 Å². The third kappa shape index (κ3) is 5.33. The van der Waals surface area contributed by atoms with Crippen molar-refractivity contribution in [2.75, 3.05) is 24.4 Å². The van der Waals surface area contributed by atoms with Crippen molar-refractivity contribution in [1.82, 2.24) is 25.1 Å². The van der Waals surface area contributed by atoms with Crippen LogP contribution in [0.3, 0.4) is 0 Å². The standard InChI is InChI=1S/C23H21N7O4/c1-3-34-21(32)16-5-4-6-17(11-16)26-22-24-13-25-23(28-22)27-19-12-18(29-30-19)14-7-9-15(10-8-14)20(31)33-2/h4-13H,3H2,1-2H3,(H3,24,25,26,27,28,29,30). The van der Waals surface area contributed by atoms with Gasteiger partial charge in [-0.15, -0.1) is 0 Å². The number of esters is 2. The smallest absolute Gasteiger partial charge is 0.338 e. The lowest BCUT2D eigenvalue weighted by Crippen LogP contribution is -2.06. The first-order valence-electron chi connectivity index (χ1n) is 10.3. The largest absolute Gasteiger partial charge is 0.465 e. The molecule has 2 aromatic carbocycles. The van der Waals surface area contributed by atoms with E-state index in [4.69, 9.17) is 9.47 Å². The summed E-state index contributed by atoms with van der Waals surface area (Å²) in [5.41, 5.74) is 3.08. The number of carbonyl (C=O) groups excluding carboxylic acids is 2. The highest BCUT2D eigenvalue weighted by molar-refractivity contribution is 5.91. The average Bonchev–Trinajstić information content (AvgIpc) is 3.32. The van der Waals surface area contributed by atoms with E-state index in [1.165, 1.54) is 13.4 Å². The van der Waals surface area contributed by atoms with Gasteiger partial charge in [0.05, 0.1) is 30.5 Å². The Morgan fingerprint density at radius 2 is 1.71 bits per heavy atom. The number of carbonyl (C=O) groups is 2. The highest BCUT2D eigenvalue weighted by Crippen LogP contribution is 2.22. The number of methoxy groups -OCH3 is 1. The van der Waals surface area contributed by atoms with E-state index in [1.54, 1.807) is 61.5 Å². The zero-order chi connectivity index (χ0) is 23.9. The minimum Gasteiger partial charge on any atom is -0.465 e. The van der Waals surface area contributed by atoms with Crippen LogP contribution in [0.1, 0.15) is 27.6 Å². The molecule has 11 heteroatoms. The van der Waals surface area contributed by atoms with Crippen molar-refractivity contribution >= 4 is 35.3 Å². The fraction of sp³-hybridized carbons (Fsp3) is 0.130. The van der Waals surface area contributed by atoms with Gasteiger partial charge >= 0.3 is 11.9 Å². The second-order valence-electron chi connectivity index (χ2n) is 6.92. The Kier molecular flexibility index (Phi) is 6.73. The lowest BCUT2D eigenvalue weighted by molar-refractivity contribution is 0.0525. The van der Waals surface area contributed by atoms with Crippen molar-refractivity contribution in [2.24, 2.45) is 0 Å². The summed E-state index contributed by atoms with van der Waals surface area (Å²) in [4.78, 5) is 36.1. The van der Waals surface area contributed by atoms with E-state index in [9.17, 15) is 9.59 Å². The second-order valence-corrected chi connectivity index (χ2v) is 6.92. The number of benzene rings is 2. The SMILES string of the molecule is CCOC(=O)c1cccc(Nc2ncnc(Nc3cc(-c4ccc(C(=O)OC)cc4)[nH]n3)n2)c1. The minimum atomic E-state index is -0.404. The summed E-state index contributed by atoms with van der Waals surface area (Å²) in [6.45, 7) is 2.05. The predicted octanol–water partition coefficient (Wildman–Crippen LogP) is 3.71. The van der Waals surface area contributed by atoms with Gasteiger partial charge in [0.15, 0.2) is 5.82 Å². The molecule has 0 radical (unpaired) electrons. The van der Waals surface area contributed by atoms with E-state index in [2.05, 4.69) is 35.8 Å². The van der Waals surface area contributed by atoms with Gasteiger partial charge in [0, 0.05) is 11.8 Å². The number of ether oxygens (including phenoxy) is 2. The summed E-state index contributed by atoms with van der Waals surface area (Å²) in [5.74, 6) is 0.253. The summed E-state index contributed by atoms with van der Waals surface area (Å²) in [6.07, 6.45) is 1.35. The van der Waals surface area contributed by atoms with Gasteiger partial charge in [-0.05, 0) is 42.8 Å². The zero-order valence-electron chi connectivity index (χ0n) is 18.4. The molecule has 34 heavy (non-hydrogen) atoms. The van der Waals surface area contributed by atoms with Crippen molar-refractivity contribution in [3.05, 3.63) is 72.1 Å². The molecule has 4 rings (SSSR count). The Morgan fingerprint density at radius 1 is 0.941 bits per heavy atom. The molecular formula is C23H21N7O4. The van der Waals surface area contributed by atoms with Crippen molar-refractivity contribution in [1.29, 1.82) is 0 Å². The molecule has 172 valence electrons. The number of aromatic amines is 1. The first kappa shape index (κ1) is 22.4. The number of nitrogens with one attached hydrogen (secondary N) is 3. The summed E-state index contributed by atoms with van der Waals surface area (Å²) in [7, 11) is 1.34. The normalized spacial score (nSPS) is 10.4. The van der Waals surface area contributed by atoms with Gasteiger partial charge in [-0.25, -0.2) is 19.6 Å². The van der Waals surface area contributed by atoms with Crippen LogP contribution in [0.4, 0.5) is 23.4 Å². The molecule has 0 saturated carbocycles. The quantitative estimate of drug-likeness (QED) is 0.333. The van der Waals surface area contributed by atoms with Crippen LogP contribution in [0, 0.1) is 0 Å². The van der Waals surface area contributed by atoms with Gasteiger partial charge in [0.1, 0.15) is 6.33 Å². The molecule has 0 fully saturated rings. The lowest BCUT2D eigenvalue weighted by Gasteiger charge is -2.08. The van der Waals surface area contributed by atoms with Crippen molar-refractivity contribution in [2.45, 2.75) is 6.92 Å². The molecule has 0 aliphatic heterocycles. The fourth-order valence-electron chi connectivity index (χ4n) is 3.04. The highest BCUT2D eigenvalue weighted by Gasteiger charge is 2.10. The Balaban J connectivity index is 1.44. The second kappa shape index (κ2) is 10.2. The van der Waals surface area contributed by atoms with Gasteiger partial charge in [-0.2, -0.15) is 10.1 Å². The number of rotatable bonds is 8. The molecule has 0 aliphatic carbocycles. The Bertz CT molecular complexity index is 1300. The van der Waals surface area contributed by atoms with Crippen molar-refractivity contribution < 1.29 is 19.1 Å². The van der Waals surface area contributed by atoms with Crippen LogP contribution in [-0.4, -0.2) is 50.8 Å². The number of H-pyrrole nitrogens is 1. The molecule has 0 atom stereocenters. The van der Waals surface area contributed by atoms with E-state index in [1.807, 2.05) is 0 Å². The third-order valence-electron chi connectivity index (χ3n) is 4.64. The average molecular weight is 459 g/mol. The Labute approximate surface area is 194 Å². The van der Waals surface area contributed by atoms with E-state index in [-0.39, 0.29) is 11.9 Å². The Morgan fingerprint density at radius 3 is 2.44 bits per heavy atom.